The van der Waals surface area contributed by atoms with Crippen molar-refractivity contribution in [3.8, 4) is 0 Å². The van der Waals surface area contributed by atoms with E-state index in [0.29, 0.717) is 32.7 Å². The number of sulfonamides is 1. The molecule has 1 amide bonds. The second-order valence-corrected chi connectivity index (χ2v) is 9.55. The van der Waals surface area contributed by atoms with Gasteiger partial charge in [-0.25, -0.2) is 8.42 Å². The van der Waals surface area contributed by atoms with Gasteiger partial charge in [-0.2, -0.15) is 4.31 Å². The zero-order chi connectivity index (χ0) is 22.3. The smallest absolute Gasteiger partial charge is 0.243 e. The van der Waals surface area contributed by atoms with Crippen molar-refractivity contribution in [2.24, 2.45) is 0 Å². The molecule has 0 aliphatic rings. The van der Waals surface area contributed by atoms with E-state index < -0.39 is 10.0 Å². The van der Waals surface area contributed by atoms with Crippen LogP contribution in [-0.4, -0.2) is 50.2 Å². The molecule has 2 aromatic carbocycles. The van der Waals surface area contributed by atoms with E-state index in [1.807, 2.05) is 25.8 Å². The Morgan fingerprint density at radius 3 is 2.20 bits per heavy atom. The zero-order valence-corrected chi connectivity index (χ0v) is 19.4. The predicted molar refractivity (Wildman–Crippen MR) is 121 cm³/mol. The molecular formula is C23H33N3O3S. The number of hydrogen-bond donors (Lipinski definition) is 1. The molecular weight excluding hydrogens is 398 g/mol. The number of rotatable bonds is 10. The lowest BCUT2D eigenvalue weighted by Crippen LogP contribution is -2.34. The number of aryl methyl sites for hydroxylation is 2. The number of nitrogens with zero attached hydrogens (tertiary/aromatic N) is 2. The van der Waals surface area contributed by atoms with Crippen LogP contribution in [0.25, 0.3) is 0 Å². The van der Waals surface area contributed by atoms with E-state index in [1.54, 1.807) is 24.3 Å². The Hall–Kier alpha value is -2.22. The normalized spacial score (nSPS) is 11.8. The minimum Gasteiger partial charge on any atom is -0.351 e. The van der Waals surface area contributed by atoms with E-state index in [0.717, 1.165) is 5.56 Å². The van der Waals surface area contributed by atoms with Gasteiger partial charge in [-0.15, -0.1) is 0 Å². The predicted octanol–water partition coefficient (Wildman–Crippen LogP) is 3.08. The first-order valence-corrected chi connectivity index (χ1v) is 11.7. The molecule has 164 valence electrons. The maximum Gasteiger partial charge on any atom is 0.243 e. The summed E-state index contributed by atoms with van der Waals surface area (Å²) in [5.74, 6) is -0.0675. The van der Waals surface area contributed by atoms with Crippen molar-refractivity contribution in [1.82, 2.24) is 14.5 Å². The summed E-state index contributed by atoms with van der Waals surface area (Å²) in [4.78, 5) is 14.5. The summed E-state index contributed by atoms with van der Waals surface area (Å²) in [5.41, 5.74) is 4.52. The average molecular weight is 432 g/mol. The molecule has 2 aromatic rings. The standard InChI is InChI=1S/C23H33N3O3S/c1-6-26(7-2)30(28,29)22-12-9-20(10-13-22)15-24-23(27)17-25(5)16-21-11-8-18(3)14-19(21)4/h8-14H,6-7,15-17H2,1-5H3,(H,24,27). The van der Waals surface area contributed by atoms with E-state index in [2.05, 4.69) is 37.4 Å². The Morgan fingerprint density at radius 1 is 1.00 bits per heavy atom. The van der Waals surface area contributed by atoms with Crippen LogP contribution < -0.4 is 5.32 Å². The lowest BCUT2D eigenvalue weighted by atomic mass is 10.1. The Bertz CT molecular complexity index is 952. The van der Waals surface area contributed by atoms with E-state index in [4.69, 9.17) is 0 Å². The summed E-state index contributed by atoms with van der Waals surface area (Å²) in [6, 6.07) is 13.0. The average Bonchev–Trinajstić information content (AvgIpc) is 2.69. The molecule has 0 atom stereocenters. The molecule has 6 nitrogen and oxygen atoms in total. The highest BCUT2D eigenvalue weighted by Crippen LogP contribution is 2.16. The molecule has 0 aliphatic carbocycles. The molecule has 30 heavy (non-hydrogen) atoms. The molecule has 0 fully saturated rings. The second kappa shape index (κ2) is 10.7. The summed E-state index contributed by atoms with van der Waals surface area (Å²) in [6.07, 6.45) is 0. The number of likely N-dealkylation sites (N-methyl/N-ethyl adjacent to an activating group) is 1. The number of benzene rings is 2. The number of hydrogen-bond acceptors (Lipinski definition) is 4. The summed E-state index contributed by atoms with van der Waals surface area (Å²) < 4.78 is 26.5. The number of carbonyl (C=O) groups is 1. The lowest BCUT2D eigenvalue weighted by Gasteiger charge is -2.19. The van der Waals surface area contributed by atoms with Gasteiger partial charge in [0.2, 0.25) is 15.9 Å². The minimum absolute atomic E-state index is 0.0675. The van der Waals surface area contributed by atoms with Gasteiger partial charge in [0.25, 0.3) is 0 Å². The van der Waals surface area contributed by atoms with Crippen LogP contribution in [0.3, 0.4) is 0 Å². The SMILES string of the molecule is CCN(CC)S(=O)(=O)c1ccc(CNC(=O)CN(C)Cc2ccc(C)cc2C)cc1. The third-order valence-electron chi connectivity index (χ3n) is 5.11. The number of nitrogens with one attached hydrogen (secondary N) is 1. The van der Waals surface area contributed by atoms with Crippen molar-refractivity contribution in [3.63, 3.8) is 0 Å². The highest BCUT2D eigenvalue weighted by molar-refractivity contribution is 7.89. The fourth-order valence-corrected chi connectivity index (χ4v) is 4.82. The molecule has 2 rings (SSSR count). The fraction of sp³-hybridized carbons (Fsp3) is 0.435. The third-order valence-corrected chi connectivity index (χ3v) is 7.17. The van der Waals surface area contributed by atoms with Gasteiger partial charge in [0.1, 0.15) is 0 Å². The number of carbonyl (C=O) groups excluding carboxylic acids is 1. The van der Waals surface area contributed by atoms with Crippen molar-refractivity contribution < 1.29 is 13.2 Å². The van der Waals surface area contributed by atoms with Crippen LogP contribution in [0, 0.1) is 13.8 Å². The molecule has 0 aromatic heterocycles. The Morgan fingerprint density at radius 2 is 1.63 bits per heavy atom. The van der Waals surface area contributed by atoms with Crippen LogP contribution in [0.5, 0.6) is 0 Å². The van der Waals surface area contributed by atoms with E-state index in [-0.39, 0.29) is 10.8 Å². The van der Waals surface area contributed by atoms with Crippen LogP contribution in [0.1, 0.15) is 36.1 Å². The van der Waals surface area contributed by atoms with Crippen LogP contribution in [0.4, 0.5) is 0 Å². The number of amides is 1. The maximum absolute atomic E-state index is 12.5. The van der Waals surface area contributed by atoms with Crippen molar-refractivity contribution in [2.75, 3.05) is 26.7 Å². The highest BCUT2D eigenvalue weighted by Gasteiger charge is 2.21. The van der Waals surface area contributed by atoms with Crippen molar-refractivity contribution in [1.29, 1.82) is 0 Å². The first-order chi connectivity index (χ1) is 14.2. The summed E-state index contributed by atoms with van der Waals surface area (Å²) >= 11 is 0. The van der Waals surface area contributed by atoms with Crippen molar-refractivity contribution in [3.05, 3.63) is 64.7 Å². The van der Waals surface area contributed by atoms with Crippen LogP contribution in [0.2, 0.25) is 0 Å². The Balaban J connectivity index is 1.88. The lowest BCUT2D eigenvalue weighted by molar-refractivity contribution is -0.122. The van der Waals surface area contributed by atoms with Crippen LogP contribution in [-0.2, 0) is 27.9 Å². The Labute approximate surface area is 180 Å². The quantitative estimate of drug-likeness (QED) is 0.628. The molecule has 0 aliphatic heterocycles. The van der Waals surface area contributed by atoms with Gasteiger partial charge in [-0.05, 0) is 49.7 Å². The molecule has 7 heteroatoms. The molecule has 0 unspecified atom stereocenters. The fourth-order valence-electron chi connectivity index (χ4n) is 3.36. The molecule has 0 bridgehead atoms. The largest absolute Gasteiger partial charge is 0.351 e. The minimum atomic E-state index is -3.46. The topological polar surface area (TPSA) is 69.7 Å². The first-order valence-electron chi connectivity index (χ1n) is 10.3. The molecule has 0 saturated carbocycles. The highest BCUT2D eigenvalue weighted by atomic mass is 32.2. The third kappa shape index (κ3) is 6.39. The molecule has 1 N–H and O–H groups in total. The summed E-state index contributed by atoms with van der Waals surface area (Å²) in [6.45, 7) is 10.0. The Kier molecular flexibility index (Phi) is 8.58. The maximum atomic E-state index is 12.5. The van der Waals surface area contributed by atoms with Crippen molar-refractivity contribution >= 4 is 15.9 Å². The monoisotopic (exact) mass is 431 g/mol. The van der Waals surface area contributed by atoms with Crippen LogP contribution >= 0.6 is 0 Å². The molecule has 0 radical (unpaired) electrons. The van der Waals surface area contributed by atoms with Gasteiger partial charge in [-0.3, -0.25) is 9.69 Å². The van der Waals surface area contributed by atoms with Crippen LogP contribution in [0.15, 0.2) is 47.4 Å². The van der Waals surface area contributed by atoms with Gasteiger partial charge in [-0.1, -0.05) is 49.7 Å². The van der Waals surface area contributed by atoms with Gasteiger partial charge in [0.15, 0.2) is 0 Å². The molecule has 0 saturated heterocycles. The van der Waals surface area contributed by atoms with Gasteiger partial charge in [0, 0.05) is 26.2 Å². The summed E-state index contributed by atoms with van der Waals surface area (Å²) in [7, 11) is -1.54. The molecule has 0 spiro atoms. The van der Waals surface area contributed by atoms with Gasteiger partial charge in [0.05, 0.1) is 11.4 Å². The van der Waals surface area contributed by atoms with E-state index >= 15 is 0 Å². The zero-order valence-electron chi connectivity index (χ0n) is 18.6. The van der Waals surface area contributed by atoms with Crippen molar-refractivity contribution in [2.45, 2.75) is 45.7 Å². The molecule has 0 heterocycles. The van der Waals surface area contributed by atoms with E-state index in [1.165, 1.54) is 21.0 Å². The summed E-state index contributed by atoms with van der Waals surface area (Å²) in [5, 5.41) is 2.90. The second-order valence-electron chi connectivity index (χ2n) is 7.61. The van der Waals surface area contributed by atoms with E-state index in [9.17, 15) is 13.2 Å². The van der Waals surface area contributed by atoms with Gasteiger partial charge < -0.3 is 5.32 Å². The first kappa shape index (κ1) is 24.1. The van der Waals surface area contributed by atoms with Gasteiger partial charge >= 0.3 is 0 Å².